The number of rotatable bonds is 5. The topological polar surface area (TPSA) is 42.4 Å². The van der Waals surface area contributed by atoms with Gasteiger partial charge in [-0.3, -0.25) is 0 Å². The van der Waals surface area contributed by atoms with Gasteiger partial charge in [0.1, 0.15) is 27.3 Å². The third kappa shape index (κ3) is 4.57. The number of benzene rings is 8. The van der Waals surface area contributed by atoms with E-state index in [-0.39, 0.29) is 0 Å². The van der Waals surface area contributed by atoms with Crippen molar-refractivity contribution in [2.45, 2.75) is 0 Å². The minimum atomic E-state index is 0.816. The van der Waals surface area contributed by atoms with Crippen LogP contribution < -0.4 is 4.90 Å². The molecule has 0 aliphatic rings. The maximum Gasteiger partial charge on any atom is 0.137 e. The SMILES string of the molecule is c1ccc(-c2nc3c(ccc4oc5cc(N(c6ccc(-c7cccc8ccccc78)cc6)c6ccc7c(c6)oc6ccccc67)ccc5c43)s2)cc1. The van der Waals surface area contributed by atoms with E-state index in [0.29, 0.717) is 0 Å². The summed E-state index contributed by atoms with van der Waals surface area (Å²) in [6.45, 7) is 0. The van der Waals surface area contributed by atoms with E-state index in [1.165, 1.54) is 21.9 Å². The van der Waals surface area contributed by atoms with Gasteiger partial charge in [-0.2, -0.15) is 0 Å². The highest BCUT2D eigenvalue weighted by Crippen LogP contribution is 2.43. The van der Waals surface area contributed by atoms with Gasteiger partial charge in [0.25, 0.3) is 0 Å². The van der Waals surface area contributed by atoms with Crippen LogP contribution in [0.3, 0.4) is 0 Å². The standard InChI is InChI=1S/C47H28N2O2S/c1-2-10-31(11-3-1)47-48-46-44(52-47)26-25-41-45(46)39-24-22-34(28-43(39)51-41)49(33-21-23-38-37-14-6-7-16-40(37)50-42(38)27-33)32-19-17-30(18-20-32)36-15-8-12-29-9-4-5-13-35(29)36/h1-28H. The first-order valence-electron chi connectivity index (χ1n) is 17.4. The molecule has 11 rings (SSSR count). The lowest BCUT2D eigenvalue weighted by molar-refractivity contribution is 0.669. The van der Waals surface area contributed by atoms with Crippen molar-refractivity contribution >= 4 is 93.3 Å². The molecule has 0 spiro atoms. The van der Waals surface area contributed by atoms with Crippen LogP contribution in [0.2, 0.25) is 0 Å². The van der Waals surface area contributed by atoms with Crippen LogP contribution in [0.15, 0.2) is 179 Å². The summed E-state index contributed by atoms with van der Waals surface area (Å²) < 4.78 is 14.1. The summed E-state index contributed by atoms with van der Waals surface area (Å²) in [5.74, 6) is 0. The van der Waals surface area contributed by atoms with Crippen LogP contribution in [0, 0.1) is 0 Å². The quantitative estimate of drug-likeness (QED) is 0.181. The molecule has 0 saturated heterocycles. The van der Waals surface area contributed by atoms with Gasteiger partial charge in [-0.1, -0.05) is 103 Å². The van der Waals surface area contributed by atoms with Gasteiger partial charge in [-0.15, -0.1) is 11.3 Å². The van der Waals surface area contributed by atoms with E-state index in [9.17, 15) is 0 Å². The fourth-order valence-electron chi connectivity index (χ4n) is 7.65. The first-order valence-corrected chi connectivity index (χ1v) is 18.2. The van der Waals surface area contributed by atoms with E-state index >= 15 is 0 Å². The molecule has 52 heavy (non-hydrogen) atoms. The number of furan rings is 2. The molecule has 8 aromatic carbocycles. The number of hydrogen-bond donors (Lipinski definition) is 0. The van der Waals surface area contributed by atoms with Gasteiger partial charge < -0.3 is 13.7 Å². The predicted octanol–water partition coefficient (Wildman–Crippen LogP) is 14.1. The van der Waals surface area contributed by atoms with Crippen molar-refractivity contribution in [1.29, 1.82) is 0 Å². The molecule has 0 aliphatic heterocycles. The Bertz CT molecular complexity index is 3130. The van der Waals surface area contributed by atoms with Crippen molar-refractivity contribution in [1.82, 2.24) is 4.98 Å². The summed E-state index contributed by atoms with van der Waals surface area (Å²) in [7, 11) is 0. The highest BCUT2D eigenvalue weighted by atomic mass is 32.1. The van der Waals surface area contributed by atoms with E-state index in [2.05, 4.69) is 157 Å². The largest absolute Gasteiger partial charge is 0.456 e. The fraction of sp³-hybridized carbons (Fsp3) is 0. The van der Waals surface area contributed by atoms with Crippen LogP contribution >= 0.6 is 11.3 Å². The lowest BCUT2D eigenvalue weighted by Gasteiger charge is -2.25. The summed E-state index contributed by atoms with van der Waals surface area (Å²) >= 11 is 1.71. The molecule has 3 aromatic heterocycles. The van der Waals surface area contributed by atoms with Crippen molar-refractivity contribution in [2.75, 3.05) is 4.90 Å². The minimum absolute atomic E-state index is 0.816. The Labute approximate surface area is 302 Å². The highest BCUT2D eigenvalue weighted by molar-refractivity contribution is 7.21. The van der Waals surface area contributed by atoms with Crippen molar-refractivity contribution in [3.05, 3.63) is 170 Å². The number of anilines is 3. The lowest BCUT2D eigenvalue weighted by Crippen LogP contribution is -2.09. The van der Waals surface area contributed by atoms with E-state index < -0.39 is 0 Å². The molecular weight excluding hydrogens is 657 g/mol. The summed E-state index contributed by atoms with van der Waals surface area (Å²) in [4.78, 5) is 7.40. The Hall–Kier alpha value is -6.69. The first-order chi connectivity index (χ1) is 25.7. The molecule has 0 fully saturated rings. The van der Waals surface area contributed by atoms with Crippen molar-refractivity contribution in [2.24, 2.45) is 0 Å². The Morgan fingerprint density at radius 3 is 1.94 bits per heavy atom. The number of fused-ring (bicyclic) bond motifs is 9. The molecule has 0 unspecified atom stereocenters. The molecule has 11 aromatic rings. The van der Waals surface area contributed by atoms with Crippen molar-refractivity contribution in [3.8, 4) is 21.7 Å². The van der Waals surface area contributed by atoms with Gasteiger partial charge in [-0.25, -0.2) is 4.98 Å². The third-order valence-electron chi connectivity index (χ3n) is 10.1. The number of para-hydroxylation sites is 1. The molecule has 0 amide bonds. The Kier molecular flexibility index (Phi) is 6.39. The monoisotopic (exact) mass is 684 g/mol. The van der Waals surface area contributed by atoms with E-state index in [4.69, 9.17) is 13.8 Å². The van der Waals surface area contributed by atoms with Gasteiger partial charge in [-0.05, 0) is 76.5 Å². The molecule has 5 heteroatoms. The maximum absolute atomic E-state index is 6.59. The second kappa shape index (κ2) is 11.4. The second-order valence-electron chi connectivity index (χ2n) is 13.1. The summed E-state index contributed by atoms with van der Waals surface area (Å²) in [5, 5.41) is 7.79. The lowest BCUT2D eigenvalue weighted by atomic mass is 9.98. The zero-order valence-corrected chi connectivity index (χ0v) is 28.6. The second-order valence-corrected chi connectivity index (χ2v) is 14.2. The van der Waals surface area contributed by atoms with Gasteiger partial charge in [0.05, 0.1) is 15.6 Å². The number of hydrogen-bond acceptors (Lipinski definition) is 5. The maximum atomic E-state index is 6.59. The summed E-state index contributed by atoms with van der Waals surface area (Å²) in [6, 6.07) is 59.6. The number of thiazole rings is 1. The molecule has 0 atom stereocenters. The molecule has 3 heterocycles. The van der Waals surface area contributed by atoms with Gasteiger partial charge in [0, 0.05) is 50.9 Å². The van der Waals surface area contributed by atoms with Crippen LogP contribution in [0.5, 0.6) is 0 Å². The van der Waals surface area contributed by atoms with Crippen molar-refractivity contribution in [3.63, 3.8) is 0 Å². The summed E-state index contributed by atoms with van der Waals surface area (Å²) in [5.41, 5.74) is 10.9. The van der Waals surface area contributed by atoms with Gasteiger partial charge >= 0.3 is 0 Å². The molecule has 0 radical (unpaired) electrons. The van der Waals surface area contributed by atoms with Gasteiger partial charge in [0.2, 0.25) is 0 Å². The zero-order chi connectivity index (χ0) is 34.2. The Balaban J connectivity index is 1.07. The molecule has 0 saturated carbocycles. The van der Waals surface area contributed by atoms with Crippen LogP contribution in [-0.4, -0.2) is 4.98 Å². The Morgan fingerprint density at radius 2 is 1.10 bits per heavy atom. The molecule has 244 valence electrons. The average Bonchev–Trinajstić information content (AvgIpc) is 3.91. The fourth-order valence-corrected chi connectivity index (χ4v) is 8.63. The smallest absolute Gasteiger partial charge is 0.137 e. The van der Waals surface area contributed by atoms with Crippen molar-refractivity contribution < 1.29 is 8.83 Å². The average molecular weight is 685 g/mol. The molecule has 4 nitrogen and oxygen atoms in total. The van der Waals surface area contributed by atoms with Crippen LogP contribution in [0.1, 0.15) is 0 Å². The van der Waals surface area contributed by atoms with E-state index in [1.54, 1.807) is 11.3 Å². The molecule has 0 bridgehead atoms. The van der Waals surface area contributed by atoms with Gasteiger partial charge in [0.15, 0.2) is 0 Å². The molecule has 0 aliphatic carbocycles. The predicted molar refractivity (Wildman–Crippen MR) is 217 cm³/mol. The van der Waals surface area contributed by atoms with E-state index in [0.717, 1.165) is 81.7 Å². The molecular formula is C47H28N2O2S. The first kappa shape index (κ1) is 29.1. The van der Waals surface area contributed by atoms with Crippen LogP contribution in [0.4, 0.5) is 17.1 Å². The Morgan fingerprint density at radius 1 is 0.442 bits per heavy atom. The molecule has 0 N–H and O–H groups in total. The minimum Gasteiger partial charge on any atom is -0.456 e. The third-order valence-corrected chi connectivity index (χ3v) is 11.2. The van der Waals surface area contributed by atoms with Crippen LogP contribution in [-0.2, 0) is 0 Å². The summed E-state index contributed by atoms with van der Waals surface area (Å²) in [6.07, 6.45) is 0. The number of nitrogens with zero attached hydrogens (tertiary/aromatic N) is 2. The highest BCUT2D eigenvalue weighted by Gasteiger charge is 2.20. The zero-order valence-electron chi connectivity index (χ0n) is 27.8. The van der Waals surface area contributed by atoms with E-state index in [1.807, 2.05) is 18.2 Å². The normalized spacial score (nSPS) is 11.8. The van der Waals surface area contributed by atoms with Crippen LogP contribution in [0.25, 0.3) is 86.6 Å². The number of aromatic nitrogens is 1.